The number of aryl methyl sites for hydroxylation is 1. The Hall–Kier alpha value is -3.41. The Kier molecular flexibility index (Phi) is 5.43. The summed E-state index contributed by atoms with van der Waals surface area (Å²) in [4.78, 5) is 12.2. The number of anilines is 2. The van der Waals surface area contributed by atoms with Crippen molar-refractivity contribution in [2.45, 2.75) is 13.5 Å². The highest BCUT2D eigenvalue weighted by atomic mass is 16.5. The van der Waals surface area contributed by atoms with Crippen LogP contribution in [0.5, 0.6) is 5.75 Å². The van der Waals surface area contributed by atoms with E-state index in [-0.39, 0.29) is 11.6 Å². The van der Waals surface area contributed by atoms with Gasteiger partial charge in [-0.05, 0) is 42.3 Å². The normalized spacial score (nSPS) is 10.2. The van der Waals surface area contributed by atoms with Crippen molar-refractivity contribution in [1.82, 2.24) is 15.5 Å². The van der Waals surface area contributed by atoms with Gasteiger partial charge in [-0.1, -0.05) is 36.4 Å². The molecule has 0 spiro atoms. The van der Waals surface area contributed by atoms with Crippen LogP contribution in [0.1, 0.15) is 21.6 Å². The average Bonchev–Trinajstić information content (AvgIpc) is 2.68. The zero-order valence-corrected chi connectivity index (χ0v) is 14.7. The Balaban J connectivity index is 1.65. The topological polar surface area (TPSA) is 76.1 Å². The van der Waals surface area contributed by atoms with Crippen molar-refractivity contribution in [1.29, 1.82) is 0 Å². The maximum Gasteiger partial charge on any atom is 0.272 e. The second-order valence-corrected chi connectivity index (χ2v) is 5.80. The Labute approximate surface area is 152 Å². The highest BCUT2D eigenvalue weighted by Gasteiger charge is 2.09. The number of methoxy groups -OCH3 is 1. The van der Waals surface area contributed by atoms with E-state index in [1.54, 1.807) is 19.2 Å². The lowest BCUT2D eigenvalue weighted by atomic mass is 10.2. The van der Waals surface area contributed by atoms with Crippen molar-refractivity contribution in [2.24, 2.45) is 0 Å². The van der Waals surface area contributed by atoms with Gasteiger partial charge in [0, 0.05) is 6.54 Å². The number of ether oxygens (including phenoxy) is 1. The largest absolute Gasteiger partial charge is 0.495 e. The van der Waals surface area contributed by atoms with Crippen LogP contribution in [0, 0.1) is 6.92 Å². The first-order valence-corrected chi connectivity index (χ1v) is 8.23. The molecular formula is C20H20N4O2. The molecule has 0 radical (unpaired) electrons. The highest BCUT2D eigenvalue weighted by Crippen LogP contribution is 2.27. The third-order valence-corrected chi connectivity index (χ3v) is 3.81. The summed E-state index contributed by atoms with van der Waals surface area (Å²) in [5.41, 5.74) is 3.18. The minimum Gasteiger partial charge on any atom is -0.495 e. The Morgan fingerprint density at radius 3 is 2.54 bits per heavy atom. The molecule has 0 aliphatic rings. The Bertz CT molecular complexity index is 880. The summed E-state index contributed by atoms with van der Waals surface area (Å²) in [6.07, 6.45) is 0. The lowest BCUT2D eigenvalue weighted by molar-refractivity contribution is 0.0945. The maximum atomic E-state index is 12.2. The molecular weight excluding hydrogens is 328 g/mol. The Morgan fingerprint density at radius 2 is 1.85 bits per heavy atom. The Morgan fingerprint density at radius 1 is 1.04 bits per heavy atom. The number of rotatable bonds is 6. The number of nitrogens with one attached hydrogen (secondary N) is 2. The van der Waals surface area contributed by atoms with E-state index in [9.17, 15) is 4.79 Å². The molecule has 2 aromatic carbocycles. The first-order valence-electron chi connectivity index (χ1n) is 8.23. The summed E-state index contributed by atoms with van der Waals surface area (Å²) in [5.74, 6) is 0.983. The number of benzene rings is 2. The van der Waals surface area contributed by atoms with Crippen molar-refractivity contribution in [3.05, 3.63) is 77.5 Å². The molecule has 26 heavy (non-hydrogen) atoms. The smallest absolute Gasteiger partial charge is 0.272 e. The van der Waals surface area contributed by atoms with Crippen molar-refractivity contribution in [2.75, 3.05) is 12.4 Å². The molecule has 3 rings (SSSR count). The second kappa shape index (κ2) is 8.11. The van der Waals surface area contributed by atoms with Crippen LogP contribution in [-0.4, -0.2) is 23.2 Å². The van der Waals surface area contributed by atoms with Gasteiger partial charge >= 0.3 is 0 Å². The summed E-state index contributed by atoms with van der Waals surface area (Å²) in [6, 6.07) is 18.9. The minimum absolute atomic E-state index is 0.263. The molecule has 0 aliphatic heterocycles. The van der Waals surface area contributed by atoms with Crippen LogP contribution in [0.3, 0.4) is 0 Å². The van der Waals surface area contributed by atoms with Crippen LogP contribution < -0.4 is 15.4 Å². The molecule has 132 valence electrons. The molecule has 0 fully saturated rings. The number of hydrogen-bond acceptors (Lipinski definition) is 5. The van der Waals surface area contributed by atoms with Gasteiger partial charge in [-0.2, -0.15) is 0 Å². The number of carbonyl (C=O) groups excluding carboxylic acids is 1. The molecule has 0 bridgehead atoms. The average molecular weight is 348 g/mol. The fourth-order valence-electron chi connectivity index (χ4n) is 2.45. The summed E-state index contributed by atoms with van der Waals surface area (Å²) < 4.78 is 5.33. The van der Waals surface area contributed by atoms with Crippen LogP contribution in [0.4, 0.5) is 11.5 Å². The van der Waals surface area contributed by atoms with Gasteiger partial charge in [0.15, 0.2) is 11.5 Å². The van der Waals surface area contributed by atoms with Gasteiger partial charge in [-0.3, -0.25) is 4.79 Å². The summed E-state index contributed by atoms with van der Waals surface area (Å²) in [7, 11) is 1.61. The van der Waals surface area contributed by atoms with E-state index in [4.69, 9.17) is 4.74 Å². The summed E-state index contributed by atoms with van der Waals surface area (Å²) in [6.45, 7) is 2.44. The molecule has 0 atom stereocenters. The van der Waals surface area contributed by atoms with Gasteiger partial charge < -0.3 is 15.4 Å². The van der Waals surface area contributed by atoms with Crippen LogP contribution in [-0.2, 0) is 6.54 Å². The van der Waals surface area contributed by atoms with Gasteiger partial charge in [0.05, 0.1) is 12.8 Å². The van der Waals surface area contributed by atoms with Crippen LogP contribution in [0.15, 0.2) is 60.7 Å². The number of aromatic nitrogens is 2. The highest BCUT2D eigenvalue weighted by molar-refractivity contribution is 5.92. The monoisotopic (exact) mass is 348 g/mol. The third kappa shape index (κ3) is 4.36. The van der Waals surface area contributed by atoms with Crippen LogP contribution >= 0.6 is 0 Å². The molecule has 0 saturated carbocycles. The zero-order chi connectivity index (χ0) is 18.4. The molecule has 0 aliphatic carbocycles. The predicted molar refractivity (Wildman–Crippen MR) is 101 cm³/mol. The number of carbonyl (C=O) groups is 1. The SMILES string of the molecule is COc1ccc(C)cc1Nc1ccc(C(=O)NCc2ccccc2)nn1. The van der Waals surface area contributed by atoms with E-state index in [1.165, 1.54) is 0 Å². The van der Waals surface area contributed by atoms with Gasteiger partial charge in [0.1, 0.15) is 5.75 Å². The fraction of sp³-hybridized carbons (Fsp3) is 0.150. The molecule has 1 amide bonds. The molecule has 0 unspecified atom stereocenters. The molecule has 3 aromatic rings. The first kappa shape index (κ1) is 17.4. The van der Waals surface area contributed by atoms with Crippen molar-refractivity contribution in [3.8, 4) is 5.75 Å². The standard InChI is InChI=1S/C20H20N4O2/c1-14-8-10-18(26-2)17(12-14)22-19-11-9-16(23-24-19)20(25)21-13-15-6-4-3-5-7-15/h3-12H,13H2,1-2H3,(H,21,25)(H,22,24). The number of hydrogen-bond donors (Lipinski definition) is 2. The summed E-state index contributed by atoms with van der Waals surface area (Å²) in [5, 5.41) is 14.1. The van der Waals surface area contributed by atoms with E-state index in [1.807, 2.05) is 55.5 Å². The zero-order valence-electron chi connectivity index (χ0n) is 14.7. The molecule has 6 nitrogen and oxygen atoms in total. The van der Waals surface area contributed by atoms with Crippen molar-refractivity contribution in [3.63, 3.8) is 0 Å². The minimum atomic E-state index is -0.263. The lowest BCUT2D eigenvalue weighted by Crippen LogP contribution is -2.24. The predicted octanol–water partition coefficient (Wildman–Crippen LogP) is 3.47. The molecule has 6 heteroatoms. The van der Waals surface area contributed by atoms with Gasteiger partial charge in [0.2, 0.25) is 0 Å². The van der Waals surface area contributed by atoms with E-state index in [0.717, 1.165) is 16.8 Å². The van der Waals surface area contributed by atoms with E-state index < -0.39 is 0 Å². The van der Waals surface area contributed by atoms with Crippen molar-refractivity contribution >= 4 is 17.4 Å². The van der Waals surface area contributed by atoms with Crippen LogP contribution in [0.25, 0.3) is 0 Å². The quantitative estimate of drug-likeness (QED) is 0.713. The number of amides is 1. The molecule has 0 saturated heterocycles. The maximum absolute atomic E-state index is 12.2. The van der Waals surface area contributed by atoms with E-state index >= 15 is 0 Å². The van der Waals surface area contributed by atoms with Gasteiger partial charge in [-0.25, -0.2) is 0 Å². The third-order valence-electron chi connectivity index (χ3n) is 3.81. The molecule has 1 aromatic heterocycles. The lowest BCUT2D eigenvalue weighted by Gasteiger charge is -2.11. The van der Waals surface area contributed by atoms with Gasteiger partial charge in [-0.15, -0.1) is 10.2 Å². The molecule has 1 heterocycles. The second-order valence-electron chi connectivity index (χ2n) is 5.80. The summed E-state index contributed by atoms with van der Waals surface area (Å²) >= 11 is 0. The van der Waals surface area contributed by atoms with E-state index in [2.05, 4.69) is 20.8 Å². The van der Waals surface area contributed by atoms with E-state index in [0.29, 0.717) is 18.1 Å². The fourth-order valence-corrected chi connectivity index (χ4v) is 2.45. The first-order chi connectivity index (χ1) is 12.7. The molecule has 2 N–H and O–H groups in total. The number of nitrogens with zero attached hydrogens (tertiary/aromatic N) is 2. The van der Waals surface area contributed by atoms with Crippen molar-refractivity contribution < 1.29 is 9.53 Å². The van der Waals surface area contributed by atoms with Gasteiger partial charge in [0.25, 0.3) is 5.91 Å². The van der Waals surface area contributed by atoms with Crippen LogP contribution in [0.2, 0.25) is 0 Å².